The standard InChI is InChI=1S/C17H22FNS/c1-2-19-13-14(9-10-16-7-5-11-20-16)12-15-6-3-4-8-17(15)18/h3-8,11,14,19H,2,9-10,12-13H2,1H3. The lowest BCUT2D eigenvalue weighted by atomic mass is 9.94. The Morgan fingerprint density at radius 2 is 2.05 bits per heavy atom. The molecule has 2 rings (SSSR count). The molecule has 20 heavy (non-hydrogen) atoms. The molecule has 3 heteroatoms. The normalized spacial score (nSPS) is 12.5. The molecule has 0 amide bonds. The summed E-state index contributed by atoms with van der Waals surface area (Å²) in [6.07, 6.45) is 3.00. The van der Waals surface area contributed by atoms with Crippen LogP contribution < -0.4 is 5.32 Å². The highest BCUT2D eigenvalue weighted by Crippen LogP contribution is 2.19. The van der Waals surface area contributed by atoms with Crippen LogP contribution in [-0.2, 0) is 12.8 Å². The van der Waals surface area contributed by atoms with E-state index in [4.69, 9.17) is 0 Å². The molecular formula is C17H22FNS. The topological polar surface area (TPSA) is 12.0 Å². The van der Waals surface area contributed by atoms with Crippen LogP contribution in [0.2, 0.25) is 0 Å². The fourth-order valence-corrected chi connectivity index (χ4v) is 3.13. The molecule has 0 aliphatic heterocycles. The van der Waals surface area contributed by atoms with Gasteiger partial charge in [-0.3, -0.25) is 0 Å². The van der Waals surface area contributed by atoms with Crippen molar-refractivity contribution >= 4 is 11.3 Å². The van der Waals surface area contributed by atoms with Gasteiger partial charge in [-0.2, -0.15) is 0 Å². The molecule has 1 nitrogen and oxygen atoms in total. The molecule has 2 aromatic rings. The first-order valence-corrected chi connectivity index (χ1v) is 8.14. The van der Waals surface area contributed by atoms with E-state index in [9.17, 15) is 4.39 Å². The zero-order chi connectivity index (χ0) is 14.2. The molecular weight excluding hydrogens is 269 g/mol. The van der Waals surface area contributed by atoms with Gasteiger partial charge in [-0.1, -0.05) is 31.2 Å². The Balaban J connectivity index is 1.94. The second kappa shape index (κ2) is 8.18. The van der Waals surface area contributed by atoms with Gasteiger partial charge < -0.3 is 5.32 Å². The Morgan fingerprint density at radius 1 is 1.20 bits per heavy atom. The van der Waals surface area contributed by atoms with Crippen molar-refractivity contribution in [3.05, 3.63) is 58.0 Å². The molecule has 0 aliphatic rings. The van der Waals surface area contributed by atoms with Gasteiger partial charge in [0, 0.05) is 4.88 Å². The van der Waals surface area contributed by atoms with Crippen molar-refractivity contribution in [3.8, 4) is 0 Å². The molecule has 0 saturated heterocycles. The highest BCUT2D eigenvalue weighted by Gasteiger charge is 2.12. The van der Waals surface area contributed by atoms with Gasteiger partial charge >= 0.3 is 0 Å². The maximum Gasteiger partial charge on any atom is 0.126 e. The lowest BCUT2D eigenvalue weighted by Gasteiger charge is -2.17. The summed E-state index contributed by atoms with van der Waals surface area (Å²) in [6.45, 7) is 4.03. The first kappa shape index (κ1) is 15.2. The molecule has 108 valence electrons. The highest BCUT2D eigenvalue weighted by atomic mass is 32.1. The van der Waals surface area contributed by atoms with Crippen molar-refractivity contribution in [2.45, 2.75) is 26.2 Å². The van der Waals surface area contributed by atoms with Crippen molar-refractivity contribution in [2.24, 2.45) is 5.92 Å². The second-order valence-corrected chi connectivity index (χ2v) is 6.12. The number of hydrogen-bond donors (Lipinski definition) is 1. The van der Waals surface area contributed by atoms with Crippen molar-refractivity contribution in [1.82, 2.24) is 5.32 Å². The SMILES string of the molecule is CCNCC(CCc1cccs1)Cc1ccccc1F. The number of thiophene rings is 1. The van der Waals surface area contributed by atoms with Crippen molar-refractivity contribution in [3.63, 3.8) is 0 Å². The third-order valence-corrected chi connectivity index (χ3v) is 4.46. The molecule has 1 heterocycles. The van der Waals surface area contributed by atoms with Crippen molar-refractivity contribution < 1.29 is 4.39 Å². The molecule has 1 aromatic carbocycles. The van der Waals surface area contributed by atoms with Gasteiger partial charge in [-0.15, -0.1) is 11.3 Å². The summed E-state index contributed by atoms with van der Waals surface area (Å²) in [5.41, 5.74) is 0.835. The van der Waals surface area contributed by atoms with Crippen molar-refractivity contribution in [2.75, 3.05) is 13.1 Å². The largest absolute Gasteiger partial charge is 0.317 e. The van der Waals surface area contributed by atoms with Crippen LogP contribution in [0.25, 0.3) is 0 Å². The van der Waals surface area contributed by atoms with Gasteiger partial charge in [0.2, 0.25) is 0 Å². The number of aryl methyl sites for hydroxylation is 1. The molecule has 0 fully saturated rings. The van der Waals surface area contributed by atoms with Crippen LogP contribution >= 0.6 is 11.3 Å². The van der Waals surface area contributed by atoms with Gasteiger partial charge in [0.25, 0.3) is 0 Å². The van der Waals surface area contributed by atoms with Gasteiger partial charge in [-0.25, -0.2) is 4.39 Å². The van der Waals surface area contributed by atoms with E-state index in [0.29, 0.717) is 5.92 Å². The summed E-state index contributed by atoms with van der Waals surface area (Å²) in [7, 11) is 0. The molecule has 1 aromatic heterocycles. The van der Waals surface area contributed by atoms with E-state index in [1.165, 1.54) is 4.88 Å². The monoisotopic (exact) mass is 291 g/mol. The summed E-state index contributed by atoms with van der Waals surface area (Å²) >= 11 is 1.80. The summed E-state index contributed by atoms with van der Waals surface area (Å²) < 4.78 is 13.8. The number of nitrogens with one attached hydrogen (secondary N) is 1. The Hall–Kier alpha value is -1.19. The summed E-state index contributed by atoms with van der Waals surface area (Å²) in [6, 6.07) is 11.4. The van der Waals surface area contributed by atoms with E-state index < -0.39 is 0 Å². The minimum absolute atomic E-state index is 0.0786. The fraction of sp³-hybridized carbons (Fsp3) is 0.412. The summed E-state index contributed by atoms with van der Waals surface area (Å²) in [4.78, 5) is 1.42. The molecule has 0 spiro atoms. The van der Waals surface area contributed by atoms with Crippen LogP contribution in [0.5, 0.6) is 0 Å². The smallest absolute Gasteiger partial charge is 0.126 e. The quantitative estimate of drug-likeness (QED) is 0.765. The molecule has 1 atom stereocenters. The van der Waals surface area contributed by atoms with Crippen LogP contribution in [0.4, 0.5) is 4.39 Å². The lowest BCUT2D eigenvalue weighted by molar-refractivity contribution is 0.442. The first-order chi connectivity index (χ1) is 9.79. The molecule has 1 N–H and O–H groups in total. The maximum absolute atomic E-state index is 13.8. The number of benzene rings is 1. The molecule has 0 saturated carbocycles. The minimum Gasteiger partial charge on any atom is -0.317 e. The van der Waals surface area contributed by atoms with Crippen molar-refractivity contribution in [1.29, 1.82) is 0 Å². The predicted octanol–water partition coefficient (Wildman–Crippen LogP) is 4.29. The van der Waals surface area contributed by atoms with E-state index in [2.05, 4.69) is 29.8 Å². The van der Waals surface area contributed by atoms with Crippen LogP contribution in [0, 0.1) is 11.7 Å². The van der Waals surface area contributed by atoms with Crippen LogP contribution in [0.15, 0.2) is 41.8 Å². The van der Waals surface area contributed by atoms with E-state index in [-0.39, 0.29) is 5.82 Å². The van der Waals surface area contributed by atoms with E-state index >= 15 is 0 Å². The third-order valence-electron chi connectivity index (χ3n) is 3.53. The zero-order valence-corrected chi connectivity index (χ0v) is 12.8. The Morgan fingerprint density at radius 3 is 2.75 bits per heavy atom. The predicted molar refractivity (Wildman–Crippen MR) is 84.8 cm³/mol. The first-order valence-electron chi connectivity index (χ1n) is 7.26. The second-order valence-electron chi connectivity index (χ2n) is 5.09. The van der Waals surface area contributed by atoms with E-state index in [1.807, 2.05) is 12.1 Å². The van der Waals surface area contributed by atoms with Crippen LogP contribution in [-0.4, -0.2) is 13.1 Å². The van der Waals surface area contributed by atoms with Gasteiger partial charge in [0.05, 0.1) is 0 Å². The third kappa shape index (κ3) is 4.73. The average Bonchev–Trinajstić information content (AvgIpc) is 2.97. The number of hydrogen-bond acceptors (Lipinski definition) is 2. The van der Waals surface area contributed by atoms with Gasteiger partial charge in [0.1, 0.15) is 5.82 Å². The number of halogens is 1. The number of rotatable bonds is 8. The molecule has 0 aliphatic carbocycles. The summed E-state index contributed by atoms with van der Waals surface area (Å²) in [5, 5.41) is 5.52. The molecule has 0 bridgehead atoms. The van der Waals surface area contributed by atoms with E-state index in [1.54, 1.807) is 23.5 Å². The van der Waals surface area contributed by atoms with Crippen LogP contribution in [0.3, 0.4) is 0 Å². The van der Waals surface area contributed by atoms with E-state index in [0.717, 1.165) is 37.9 Å². The fourth-order valence-electron chi connectivity index (χ4n) is 2.40. The maximum atomic E-state index is 13.8. The highest BCUT2D eigenvalue weighted by molar-refractivity contribution is 7.09. The average molecular weight is 291 g/mol. The lowest BCUT2D eigenvalue weighted by Crippen LogP contribution is -2.24. The molecule has 0 radical (unpaired) electrons. The van der Waals surface area contributed by atoms with Gasteiger partial charge in [-0.05, 0) is 61.3 Å². The molecule has 1 unspecified atom stereocenters. The summed E-state index contributed by atoms with van der Waals surface area (Å²) in [5.74, 6) is 0.402. The Kier molecular flexibility index (Phi) is 6.22. The zero-order valence-electron chi connectivity index (χ0n) is 11.9. The van der Waals surface area contributed by atoms with Crippen LogP contribution in [0.1, 0.15) is 23.8 Å². The van der Waals surface area contributed by atoms with Gasteiger partial charge in [0.15, 0.2) is 0 Å². The minimum atomic E-state index is -0.0786. The Labute approximate surface area is 124 Å². The Bertz CT molecular complexity index is 495.